The number of hydrogen-bond acceptors (Lipinski definition) is 4. The second-order valence-corrected chi connectivity index (χ2v) is 9.14. The van der Waals surface area contributed by atoms with Gasteiger partial charge >= 0.3 is 0 Å². The molecule has 0 aliphatic rings. The first-order valence-corrected chi connectivity index (χ1v) is 12.5. The molecule has 3 aromatic rings. The first-order valence-electron chi connectivity index (χ1n) is 12.5. The molecule has 1 aromatic heterocycles. The number of unbranched alkanes of at least 4 members (excludes halogenated alkanes) is 4. The van der Waals surface area contributed by atoms with E-state index in [9.17, 15) is 4.39 Å². The standard InChI is InChI=1S/C29H37FN2O2/c1-4-5-6-7-8-17-33-27-13-9-23(10-14-27)25-19-31-29(32-20-25)24-11-15-28(16-12-24)34-21-26(30)18-22(2)3/h9-16,19-20,22,26H,4-8,17-18,21H2,1-3H3. The van der Waals surface area contributed by atoms with Gasteiger partial charge in [-0.15, -0.1) is 0 Å². The Bertz CT molecular complexity index is 957. The average Bonchev–Trinajstić information content (AvgIpc) is 2.85. The summed E-state index contributed by atoms with van der Waals surface area (Å²) in [5.74, 6) is 2.50. The Morgan fingerprint density at radius 3 is 1.94 bits per heavy atom. The van der Waals surface area contributed by atoms with Crippen LogP contribution in [0.5, 0.6) is 11.5 Å². The maximum absolute atomic E-state index is 13.8. The van der Waals surface area contributed by atoms with Crippen molar-refractivity contribution in [2.75, 3.05) is 13.2 Å². The minimum atomic E-state index is -0.952. The van der Waals surface area contributed by atoms with E-state index < -0.39 is 6.17 Å². The van der Waals surface area contributed by atoms with Crippen molar-refractivity contribution in [2.24, 2.45) is 5.92 Å². The zero-order chi connectivity index (χ0) is 24.2. The van der Waals surface area contributed by atoms with Crippen molar-refractivity contribution in [3.05, 3.63) is 60.9 Å². The molecule has 1 unspecified atom stereocenters. The molecular formula is C29H37FN2O2. The molecule has 0 saturated heterocycles. The highest BCUT2D eigenvalue weighted by Gasteiger charge is 2.10. The number of rotatable bonds is 14. The fourth-order valence-electron chi connectivity index (χ4n) is 3.73. The summed E-state index contributed by atoms with van der Waals surface area (Å²) in [5.41, 5.74) is 2.89. The first kappa shape index (κ1) is 25.7. The lowest BCUT2D eigenvalue weighted by molar-refractivity contribution is 0.174. The van der Waals surface area contributed by atoms with Gasteiger partial charge in [0.15, 0.2) is 5.82 Å². The minimum absolute atomic E-state index is 0.0749. The average molecular weight is 465 g/mol. The predicted octanol–water partition coefficient (Wildman–Crippen LogP) is 7.92. The Hall–Kier alpha value is -2.95. The van der Waals surface area contributed by atoms with Gasteiger partial charge in [-0.25, -0.2) is 14.4 Å². The number of benzene rings is 2. The SMILES string of the molecule is CCCCCCCOc1ccc(-c2cnc(-c3ccc(OCC(F)CC(C)C)cc3)nc2)cc1. The molecule has 0 fully saturated rings. The molecule has 0 N–H and O–H groups in total. The lowest BCUT2D eigenvalue weighted by Gasteiger charge is -2.12. The Morgan fingerprint density at radius 1 is 0.735 bits per heavy atom. The largest absolute Gasteiger partial charge is 0.494 e. The van der Waals surface area contributed by atoms with Crippen LogP contribution in [0, 0.1) is 5.92 Å². The number of ether oxygens (including phenoxy) is 2. The molecule has 0 spiro atoms. The Morgan fingerprint density at radius 2 is 1.32 bits per heavy atom. The van der Waals surface area contributed by atoms with Crippen molar-refractivity contribution >= 4 is 0 Å². The number of hydrogen-bond donors (Lipinski definition) is 0. The molecule has 0 radical (unpaired) electrons. The molecule has 0 aliphatic heterocycles. The molecule has 3 rings (SSSR count). The van der Waals surface area contributed by atoms with E-state index in [4.69, 9.17) is 9.47 Å². The first-order chi connectivity index (χ1) is 16.5. The van der Waals surface area contributed by atoms with Crippen LogP contribution >= 0.6 is 0 Å². The molecule has 0 amide bonds. The van der Waals surface area contributed by atoms with E-state index in [1.54, 1.807) is 0 Å². The molecule has 182 valence electrons. The van der Waals surface area contributed by atoms with Crippen molar-refractivity contribution in [2.45, 2.75) is 65.5 Å². The van der Waals surface area contributed by atoms with Gasteiger partial charge in [-0.1, -0.05) is 58.6 Å². The van der Waals surface area contributed by atoms with Gasteiger partial charge in [0.2, 0.25) is 0 Å². The van der Waals surface area contributed by atoms with Gasteiger partial charge in [0, 0.05) is 23.5 Å². The van der Waals surface area contributed by atoms with E-state index in [2.05, 4.69) is 16.9 Å². The zero-order valence-electron chi connectivity index (χ0n) is 20.7. The van der Waals surface area contributed by atoms with Gasteiger partial charge in [-0.3, -0.25) is 0 Å². The summed E-state index contributed by atoms with van der Waals surface area (Å²) >= 11 is 0. The third-order valence-corrected chi connectivity index (χ3v) is 5.63. The number of nitrogens with zero attached hydrogens (tertiary/aromatic N) is 2. The fraction of sp³-hybridized carbons (Fsp3) is 0.448. The van der Waals surface area contributed by atoms with Gasteiger partial charge in [0.1, 0.15) is 24.3 Å². The number of aromatic nitrogens is 2. The molecule has 0 saturated carbocycles. The summed E-state index contributed by atoms with van der Waals surface area (Å²) in [7, 11) is 0. The van der Waals surface area contributed by atoms with Crippen molar-refractivity contribution in [1.29, 1.82) is 0 Å². The van der Waals surface area contributed by atoms with E-state index >= 15 is 0 Å². The topological polar surface area (TPSA) is 44.2 Å². The van der Waals surface area contributed by atoms with E-state index in [1.165, 1.54) is 25.7 Å². The van der Waals surface area contributed by atoms with E-state index in [1.807, 2.05) is 74.8 Å². The maximum Gasteiger partial charge on any atom is 0.159 e. The summed E-state index contributed by atoms with van der Waals surface area (Å²) in [5, 5.41) is 0. The summed E-state index contributed by atoms with van der Waals surface area (Å²) in [6, 6.07) is 15.5. The van der Waals surface area contributed by atoms with Crippen LogP contribution in [0.2, 0.25) is 0 Å². The lowest BCUT2D eigenvalue weighted by Crippen LogP contribution is -2.15. The highest BCUT2D eigenvalue weighted by molar-refractivity contribution is 5.64. The van der Waals surface area contributed by atoms with Gasteiger partial charge in [-0.2, -0.15) is 0 Å². The Labute approximate surface area is 203 Å². The molecule has 0 bridgehead atoms. The Balaban J connectivity index is 1.50. The molecule has 1 heterocycles. The quantitative estimate of drug-likeness (QED) is 0.227. The van der Waals surface area contributed by atoms with Crippen molar-refractivity contribution in [3.63, 3.8) is 0 Å². The van der Waals surface area contributed by atoms with E-state index in [0.29, 0.717) is 23.9 Å². The van der Waals surface area contributed by atoms with Gasteiger partial charge < -0.3 is 9.47 Å². The van der Waals surface area contributed by atoms with Crippen LogP contribution in [-0.2, 0) is 0 Å². The monoisotopic (exact) mass is 464 g/mol. The molecule has 34 heavy (non-hydrogen) atoms. The third-order valence-electron chi connectivity index (χ3n) is 5.63. The van der Waals surface area contributed by atoms with Crippen LogP contribution in [0.15, 0.2) is 60.9 Å². The summed E-state index contributed by atoms with van der Waals surface area (Å²) in [4.78, 5) is 9.05. The van der Waals surface area contributed by atoms with Crippen LogP contribution < -0.4 is 9.47 Å². The van der Waals surface area contributed by atoms with Crippen LogP contribution in [0.4, 0.5) is 4.39 Å². The molecule has 5 heteroatoms. The Kier molecular flexibility index (Phi) is 10.3. The smallest absolute Gasteiger partial charge is 0.159 e. The second kappa shape index (κ2) is 13.7. The predicted molar refractivity (Wildman–Crippen MR) is 137 cm³/mol. The maximum atomic E-state index is 13.8. The normalized spacial score (nSPS) is 12.0. The van der Waals surface area contributed by atoms with Crippen LogP contribution in [-0.4, -0.2) is 29.4 Å². The van der Waals surface area contributed by atoms with Crippen LogP contribution in [0.1, 0.15) is 59.3 Å². The molecule has 0 aliphatic carbocycles. The highest BCUT2D eigenvalue weighted by atomic mass is 19.1. The fourth-order valence-corrected chi connectivity index (χ4v) is 3.73. The van der Waals surface area contributed by atoms with Crippen molar-refractivity contribution < 1.29 is 13.9 Å². The highest BCUT2D eigenvalue weighted by Crippen LogP contribution is 2.24. The van der Waals surface area contributed by atoms with Gasteiger partial charge in [0.25, 0.3) is 0 Å². The van der Waals surface area contributed by atoms with Gasteiger partial charge in [-0.05, 0) is 60.7 Å². The van der Waals surface area contributed by atoms with Crippen molar-refractivity contribution in [1.82, 2.24) is 9.97 Å². The summed E-state index contributed by atoms with van der Waals surface area (Å²) in [6.07, 6.45) is 9.38. The summed E-state index contributed by atoms with van der Waals surface area (Å²) in [6.45, 7) is 7.08. The second-order valence-electron chi connectivity index (χ2n) is 9.14. The molecule has 4 nitrogen and oxygen atoms in total. The van der Waals surface area contributed by atoms with Gasteiger partial charge in [0.05, 0.1) is 6.61 Å². The van der Waals surface area contributed by atoms with E-state index in [-0.39, 0.29) is 6.61 Å². The molecule has 2 aromatic carbocycles. The molecular weight excluding hydrogens is 427 g/mol. The lowest BCUT2D eigenvalue weighted by atomic mass is 10.1. The van der Waals surface area contributed by atoms with Crippen LogP contribution in [0.3, 0.4) is 0 Å². The zero-order valence-corrected chi connectivity index (χ0v) is 20.7. The number of alkyl halides is 1. The molecule has 1 atom stereocenters. The number of halogens is 1. The third kappa shape index (κ3) is 8.44. The minimum Gasteiger partial charge on any atom is -0.494 e. The van der Waals surface area contributed by atoms with E-state index in [0.717, 1.165) is 35.5 Å². The van der Waals surface area contributed by atoms with Crippen molar-refractivity contribution in [3.8, 4) is 34.0 Å². The van der Waals surface area contributed by atoms with Crippen LogP contribution in [0.25, 0.3) is 22.5 Å². The summed E-state index contributed by atoms with van der Waals surface area (Å²) < 4.78 is 25.3.